The van der Waals surface area contributed by atoms with Crippen molar-refractivity contribution in [3.63, 3.8) is 0 Å². The quantitative estimate of drug-likeness (QED) is 0.720. The monoisotopic (exact) mass is 304 g/mol. The van der Waals surface area contributed by atoms with Gasteiger partial charge in [0.15, 0.2) is 0 Å². The third-order valence-electron chi connectivity index (χ3n) is 2.45. The zero-order valence-corrected chi connectivity index (χ0v) is 10.3. The molecule has 5 heteroatoms. The molecule has 2 heterocycles. The van der Waals surface area contributed by atoms with Crippen LogP contribution in [0.5, 0.6) is 0 Å². The smallest absolute Gasteiger partial charge is 0.145 e. The van der Waals surface area contributed by atoms with E-state index in [9.17, 15) is 0 Å². The Bertz CT molecular complexity index is 309. The second kappa shape index (κ2) is 4.39. The molecule has 1 aliphatic rings. The van der Waals surface area contributed by atoms with Gasteiger partial charge in [-0.25, -0.2) is 9.97 Å². The Hall–Kier alpha value is -0.430. The summed E-state index contributed by atoms with van der Waals surface area (Å²) in [6.07, 6.45) is 3.48. The van der Waals surface area contributed by atoms with Gasteiger partial charge < -0.3 is 9.80 Å². The number of halogens is 1. The van der Waals surface area contributed by atoms with Crippen LogP contribution in [0.25, 0.3) is 0 Å². The van der Waals surface area contributed by atoms with E-state index >= 15 is 0 Å². The average Bonchev–Trinajstić information content (AvgIpc) is 2.20. The molecule has 1 fully saturated rings. The molecule has 0 bridgehead atoms. The molecule has 1 saturated heterocycles. The van der Waals surface area contributed by atoms with Crippen LogP contribution >= 0.6 is 22.6 Å². The fourth-order valence-corrected chi connectivity index (χ4v) is 2.20. The molecule has 0 N–H and O–H groups in total. The molecule has 0 aliphatic carbocycles. The summed E-state index contributed by atoms with van der Waals surface area (Å²) in [7, 11) is 2.16. The Morgan fingerprint density at radius 3 is 2.64 bits per heavy atom. The van der Waals surface area contributed by atoms with Crippen molar-refractivity contribution in [1.29, 1.82) is 0 Å². The van der Waals surface area contributed by atoms with Gasteiger partial charge in [0.1, 0.15) is 12.1 Å². The SMILES string of the molecule is CN1CCN(c2ncncc2I)CC1. The molecule has 0 radical (unpaired) electrons. The molecule has 0 atom stereocenters. The number of aromatic nitrogens is 2. The lowest BCUT2D eigenvalue weighted by molar-refractivity contribution is 0.312. The van der Waals surface area contributed by atoms with Crippen LogP contribution in [0, 0.1) is 3.57 Å². The number of nitrogens with zero attached hydrogens (tertiary/aromatic N) is 4. The highest BCUT2D eigenvalue weighted by Crippen LogP contribution is 2.18. The van der Waals surface area contributed by atoms with E-state index in [1.807, 2.05) is 6.20 Å². The third-order valence-corrected chi connectivity index (χ3v) is 3.21. The van der Waals surface area contributed by atoms with E-state index < -0.39 is 0 Å². The van der Waals surface area contributed by atoms with Crippen LogP contribution in [0.4, 0.5) is 5.82 Å². The Morgan fingerprint density at radius 2 is 2.00 bits per heavy atom. The van der Waals surface area contributed by atoms with Crippen LogP contribution in [0.2, 0.25) is 0 Å². The highest BCUT2D eigenvalue weighted by atomic mass is 127. The fourth-order valence-electron chi connectivity index (χ4n) is 1.56. The summed E-state index contributed by atoms with van der Waals surface area (Å²) in [5, 5.41) is 0. The maximum atomic E-state index is 4.32. The Balaban J connectivity index is 2.12. The largest absolute Gasteiger partial charge is 0.353 e. The standard InChI is InChI=1S/C9H13IN4/c1-13-2-4-14(5-3-13)9-8(10)6-11-7-12-9/h6-7H,2-5H2,1H3. The normalized spacial score (nSPS) is 18.6. The molecule has 14 heavy (non-hydrogen) atoms. The minimum Gasteiger partial charge on any atom is -0.353 e. The number of hydrogen-bond acceptors (Lipinski definition) is 4. The maximum absolute atomic E-state index is 4.32. The second-order valence-electron chi connectivity index (χ2n) is 3.48. The van der Waals surface area contributed by atoms with Gasteiger partial charge in [0.2, 0.25) is 0 Å². The zero-order chi connectivity index (χ0) is 9.97. The first kappa shape index (κ1) is 10.1. The first-order valence-corrected chi connectivity index (χ1v) is 5.74. The van der Waals surface area contributed by atoms with E-state index in [1.165, 1.54) is 0 Å². The molecule has 0 spiro atoms. The van der Waals surface area contributed by atoms with E-state index in [4.69, 9.17) is 0 Å². The Kier molecular flexibility index (Phi) is 3.17. The topological polar surface area (TPSA) is 32.3 Å². The lowest BCUT2D eigenvalue weighted by Gasteiger charge is -2.33. The molecular weight excluding hydrogens is 291 g/mol. The molecule has 76 valence electrons. The maximum Gasteiger partial charge on any atom is 0.145 e. The highest BCUT2D eigenvalue weighted by Gasteiger charge is 2.16. The van der Waals surface area contributed by atoms with E-state index in [0.717, 1.165) is 35.6 Å². The molecule has 1 aromatic heterocycles. The van der Waals surface area contributed by atoms with E-state index in [1.54, 1.807) is 6.33 Å². The fraction of sp³-hybridized carbons (Fsp3) is 0.556. The van der Waals surface area contributed by atoms with Gasteiger partial charge in [-0.2, -0.15) is 0 Å². The second-order valence-corrected chi connectivity index (χ2v) is 4.65. The number of likely N-dealkylation sites (N-methyl/N-ethyl adjacent to an activating group) is 1. The van der Waals surface area contributed by atoms with E-state index in [0.29, 0.717) is 0 Å². The molecular formula is C9H13IN4. The molecule has 1 aromatic rings. The van der Waals surface area contributed by atoms with Crippen molar-refractivity contribution in [2.24, 2.45) is 0 Å². The minimum absolute atomic E-state index is 1.06. The van der Waals surface area contributed by atoms with Gasteiger partial charge in [0.05, 0.1) is 3.57 Å². The Labute approximate surface area is 97.5 Å². The van der Waals surface area contributed by atoms with Gasteiger partial charge in [-0.15, -0.1) is 0 Å². The molecule has 0 unspecified atom stereocenters. The van der Waals surface area contributed by atoms with Crippen LogP contribution in [0.1, 0.15) is 0 Å². The van der Waals surface area contributed by atoms with Gasteiger partial charge in [-0.3, -0.25) is 0 Å². The van der Waals surface area contributed by atoms with E-state index in [-0.39, 0.29) is 0 Å². The van der Waals surface area contributed by atoms with Gasteiger partial charge in [0.25, 0.3) is 0 Å². The van der Waals surface area contributed by atoms with Gasteiger partial charge in [0, 0.05) is 32.4 Å². The van der Waals surface area contributed by atoms with Crippen LogP contribution in [0.3, 0.4) is 0 Å². The van der Waals surface area contributed by atoms with Crippen LogP contribution in [0.15, 0.2) is 12.5 Å². The number of anilines is 1. The number of rotatable bonds is 1. The summed E-state index contributed by atoms with van der Waals surface area (Å²) < 4.78 is 1.13. The minimum atomic E-state index is 1.06. The summed E-state index contributed by atoms with van der Waals surface area (Å²) in [6.45, 7) is 4.34. The molecule has 0 saturated carbocycles. The number of piperazine rings is 1. The zero-order valence-electron chi connectivity index (χ0n) is 8.15. The average molecular weight is 304 g/mol. The lowest BCUT2D eigenvalue weighted by atomic mass is 10.3. The molecule has 0 amide bonds. The molecule has 0 aromatic carbocycles. The predicted octanol–water partition coefficient (Wildman–Crippen LogP) is 0.833. The van der Waals surface area contributed by atoms with Crippen molar-refractivity contribution in [3.05, 3.63) is 16.1 Å². The predicted molar refractivity (Wildman–Crippen MR) is 64.5 cm³/mol. The molecule has 2 rings (SSSR count). The van der Waals surface area contributed by atoms with Gasteiger partial charge in [-0.1, -0.05) is 0 Å². The third kappa shape index (κ3) is 2.14. The number of hydrogen-bond donors (Lipinski definition) is 0. The van der Waals surface area contributed by atoms with E-state index in [2.05, 4.69) is 49.4 Å². The van der Waals surface area contributed by atoms with Crippen LogP contribution in [-0.4, -0.2) is 48.1 Å². The van der Waals surface area contributed by atoms with Crippen molar-refractivity contribution in [2.45, 2.75) is 0 Å². The first-order chi connectivity index (χ1) is 6.77. The van der Waals surface area contributed by atoms with Crippen LogP contribution in [-0.2, 0) is 0 Å². The summed E-state index contributed by atoms with van der Waals surface area (Å²) in [4.78, 5) is 13.0. The van der Waals surface area contributed by atoms with Gasteiger partial charge in [-0.05, 0) is 29.6 Å². The molecule has 4 nitrogen and oxygen atoms in total. The summed E-state index contributed by atoms with van der Waals surface area (Å²) in [5.74, 6) is 1.08. The lowest BCUT2D eigenvalue weighted by Crippen LogP contribution is -2.45. The van der Waals surface area contributed by atoms with Crippen molar-refractivity contribution in [1.82, 2.24) is 14.9 Å². The first-order valence-electron chi connectivity index (χ1n) is 4.66. The van der Waals surface area contributed by atoms with Crippen LogP contribution < -0.4 is 4.90 Å². The van der Waals surface area contributed by atoms with Crippen molar-refractivity contribution >= 4 is 28.4 Å². The summed E-state index contributed by atoms with van der Waals surface area (Å²) >= 11 is 2.29. The van der Waals surface area contributed by atoms with Crippen molar-refractivity contribution in [2.75, 3.05) is 38.1 Å². The van der Waals surface area contributed by atoms with Crippen molar-refractivity contribution < 1.29 is 0 Å². The highest BCUT2D eigenvalue weighted by molar-refractivity contribution is 14.1. The summed E-state index contributed by atoms with van der Waals surface area (Å²) in [6, 6.07) is 0. The molecule has 1 aliphatic heterocycles. The van der Waals surface area contributed by atoms with Gasteiger partial charge >= 0.3 is 0 Å². The van der Waals surface area contributed by atoms with Crippen molar-refractivity contribution in [3.8, 4) is 0 Å². The Morgan fingerprint density at radius 1 is 1.29 bits per heavy atom. The summed E-state index contributed by atoms with van der Waals surface area (Å²) in [5.41, 5.74) is 0.